The molecule has 0 spiro atoms. The first kappa shape index (κ1) is 20.0. The van der Waals surface area contributed by atoms with Crippen molar-refractivity contribution < 1.29 is 24.2 Å². The number of benzene rings is 1. The molecule has 1 aromatic carbocycles. The van der Waals surface area contributed by atoms with E-state index in [1.165, 1.54) is 12.0 Å². The van der Waals surface area contributed by atoms with Gasteiger partial charge in [-0.3, -0.25) is 9.59 Å². The summed E-state index contributed by atoms with van der Waals surface area (Å²) in [6, 6.07) is 7.05. The molecule has 0 bridgehead atoms. The van der Waals surface area contributed by atoms with Crippen LogP contribution >= 0.6 is 0 Å². The molecule has 0 heterocycles. The van der Waals surface area contributed by atoms with E-state index in [1.54, 1.807) is 19.1 Å². The lowest BCUT2D eigenvalue weighted by atomic mass is 10.1. The Morgan fingerprint density at radius 2 is 1.88 bits per heavy atom. The first-order valence-electron chi connectivity index (χ1n) is 8.10. The minimum absolute atomic E-state index is 0.145. The molecule has 0 aliphatic heterocycles. The maximum Gasteiger partial charge on any atom is 0.310 e. The lowest BCUT2D eigenvalue weighted by Gasteiger charge is -2.31. The number of carbonyl (C=O) groups is 2. The van der Waals surface area contributed by atoms with Crippen molar-refractivity contribution in [1.82, 2.24) is 4.90 Å². The van der Waals surface area contributed by atoms with E-state index >= 15 is 0 Å². The van der Waals surface area contributed by atoms with Crippen LogP contribution in [-0.4, -0.2) is 54.8 Å². The molecule has 0 aromatic heterocycles. The molecule has 0 saturated heterocycles. The van der Waals surface area contributed by atoms with E-state index < -0.39 is 5.92 Å². The van der Waals surface area contributed by atoms with Crippen LogP contribution in [0, 0.1) is 12.8 Å². The summed E-state index contributed by atoms with van der Waals surface area (Å²) in [6.07, 6.45) is 0.584. The summed E-state index contributed by atoms with van der Waals surface area (Å²) in [6.45, 7) is 5.41. The van der Waals surface area contributed by atoms with Gasteiger partial charge in [-0.1, -0.05) is 31.5 Å². The van der Waals surface area contributed by atoms with Gasteiger partial charge < -0.3 is 19.5 Å². The Hall–Kier alpha value is -2.08. The number of amides is 1. The average Bonchev–Trinajstić information content (AvgIpc) is 2.60. The van der Waals surface area contributed by atoms with Crippen molar-refractivity contribution in [2.75, 3.05) is 26.9 Å². The third kappa shape index (κ3) is 5.85. The van der Waals surface area contributed by atoms with Crippen molar-refractivity contribution in [3.63, 3.8) is 0 Å². The molecule has 134 valence electrons. The topological polar surface area (TPSA) is 76.1 Å². The van der Waals surface area contributed by atoms with E-state index in [4.69, 9.17) is 9.47 Å². The van der Waals surface area contributed by atoms with Crippen LogP contribution in [0.25, 0.3) is 0 Å². The molecule has 1 amide bonds. The van der Waals surface area contributed by atoms with Crippen LogP contribution in [0.1, 0.15) is 25.8 Å². The molecule has 2 atom stereocenters. The number of aliphatic hydroxyl groups is 1. The van der Waals surface area contributed by atoms with Crippen molar-refractivity contribution in [3.05, 3.63) is 29.8 Å². The fourth-order valence-electron chi connectivity index (χ4n) is 2.34. The number of aliphatic hydroxyl groups excluding tert-OH is 1. The number of rotatable bonds is 9. The summed E-state index contributed by atoms with van der Waals surface area (Å²) in [5.41, 5.74) is 1.11. The predicted molar refractivity (Wildman–Crippen MR) is 90.7 cm³/mol. The highest BCUT2D eigenvalue weighted by molar-refractivity contribution is 5.79. The molecule has 6 nitrogen and oxygen atoms in total. The molecule has 1 N–H and O–H groups in total. The van der Waals surface area contributed by atoms with Crippen LogP contribution in [0.4, 0.5) is 0 Å². The monoisotopic (exact) mass is 337 g/mol. The van der Waals surface area contributed by atoms with Crippen LogP contribution < -0.4 is 4.74 Å². The van der Waals surface area contributed by atoms with Gasteiger partial charge in [0.05, 0.1) is 25.7 Å². The lowest BCUT2D eigenvalue weighted by Crippen LogP contribution is -2.47. The Kier molecular flexibility index (Phi) is 8.26. The third-order valence-electron chi connectivity index (χ3n) is 3.90. The Bertz CT molecular complexity index is 525. The number of nitrogens with zero attached hydrogens (tertiary/aromatic N) is 1. The summed E-state index contributed by atoms with van der Waals surface area (Å²) in [4.78, 5) is 25.6. The molecular formula is C18H27NO5. The summed E-state index contributed by atoms with van der Waals surface area (Å²) in [5, 5.41) is 9.52. The fraction of sp³-hybridized carbons (Fsp3) is 0.556. The van der Waals surface area contributed by atoms with Crippen molar-refractivity contribution >= 4 is 11.9 Å². The summed E-state index contributed by atoms with van der Waals surface area (Å²) in [5.74, 6) is -0.529. The van der Waals surface area contributed by atoms with Gasteiger partial charge in [0.2, 0.25) is 0 Å². The molecule has 0 radical (unpaired) electrons. The maximum atomic E-state index is 12.5. The second-order valence-electron chi connectivity index (χ2n) is 5.82. The lowest BCUT2D eigenvalue weighted by molar-refractivity contribution is -0.148. The number of hydrogen-bond acceptors (Lipinski definition) is 5. The molecule has 24 heavy (non-hydrogen) atoms. The Morgan fingerprint density at radius 3 is 2.38 bits per heavy atom. The number of carbonyl (C=O) groups excluding carboxylic acids is 2. The van der Waals surface area contributed by atoms with Gasteiger partial charge in [-0.2, -0.15) is 0 Å². The van der Waals surface area contributed by atoms with Gasteiger partial charge in [0.25, 0.3) is 5.91 Å². The third-order valence-corrected chi connectivity index (χ3v) is 3.90. The van der Waals surface area contributed by atoms with E-state index in [0.29, 0.717) is 12.2 Å². The molecule has 2 unspecified atom stereocenters. The van der Waals surface area contributed by atoms with Crippen LogP contribution in [0.2, 0.25) is 0 Å². The van der Waals surface area contributed by atoms with Crippen LogP contribution in [-0.2, 0) is 14.3 Å². The zero-order chi connectivity index (χ0) is 18.1. The molecule has 6 heteroatoms. The van der Waals surface area contributed by atoms with Gasteiger partial charge in [0, 0.05) is 6.54 Å². The van der Waals surface area contributed by atoms with Gasteiger partial charge >= 0.3 is 5.97 Å². The zero-order valence-corrected chi connectivity index (χ0v) is 14.8. The number of methoxy groups -OCH3 is 1. The first-order valence-corrected chi connectivity index (χ1v) is 8.10. The number of hydrogen-bond donors (Lipinski definition) is 1. The fourth-order valence-corrected chi connectivity index (χ4v) is 2.34. The average molecular weight is 337 g/mol. The van der Waals surface area contributed by atoms with Crippen molar-refractivity contribution in [2.45, 2.75) is 33.2 Å². The van der Waals surface area contributed by atoms with Crippen LogP contribution in [0.5, 0.6) is 5.75 Å². The number of aryl methyl sites for hydroxylation is 1. The van der Waals surface area contributed by atoms with Crippen molar-refractivity contribution in [2.24, 2.45) is 5.92 Å². The van der Waals surface area contributed by atoms with E-state index in [-0.39, 0.29) is 37.7 Å². The van der Waals surface area contributed by atoms with E-state index in [9.17, 15) is 14.7 Å². The van der Waals surface area contributed by atoms with Crippen LogP contribution in [0.15, 0.2) is 24.3 Å². The minimum atomic E-state index is -0.473. The second-order valence-corrected chi connectivity index (χ2v) is 5.82. The molecule has 0 saturated carbocycles. The Labute approximate surface area is 143 Å². The van der Waals surface area contributed by atoms with Gasteiger partial charge in [0.1, 0.15) is 5.75 Å². The minimum Gasteiger partial charge on any atom is -0.484 e. The smallest absolute Gasteiger partial charge is 0.310 e. The SMILES string of the molecule is CCC(CO)N(CC(C)C(=O)OC)C(=O)COc1ccc(C)cc1. The molecule has 1 aromatic rings. The van der Waals surface area contributed by atoms with Gasteiger partial charge in [-0.15, -0.1) is 0 Å². The Balaban J connectivity index is 2.75. The predicted octanol–water partition coefficient (Wildman–Crippen LogP) is 1.78. The van der Waals surface area contributed by atoms with E-state index in [0.717, 1.165) is 5.56 Å². The molecule has 0 aliphatic carbocycles. The van der Waals surface area contributed by atoms with Gasteiger partial charge in [0.15, 0.2) is 6.61 Å². The van der Waals surface area contributed by atoms with Crippen molar-refractivity contribution in [3.8, 4) is 5.75 Å². The van der Waals surface area contributed by atoms with Crippen molar-refractivity contribution in [1.29, 1.82) is 0 Å². The van der Waals surface area contributed by atoms with E-state index in [2.05, 4.69) is 0 Å². The highest BCUT2D eigenvalue weighted by Gasteiger charge is 2.27. The first-order chi connectivity index (χ1) is 11.4. The second kappa shape index (κ2) is 9.93. The maximum absolute atomic E-state index is 12.5. The molecule has 1 rings (SSSR count). The molecular weight excluding hydrogens is 310 g/mol. The normalized spacial score (nSPS) is 13.0. The van der Waals surface area contributed by atoms with Gasteiger partial charge in [-0.05, 0) is 25.5 Å². The molecule has 0 aliphatic rings. The van der Waals surface area contributed by atoms with Crippen LogP contribution in [0.3, 0.4) is 0 Å². The standard InChI is InChI=1S/C18H27NO5/c1-5-15(11-20)19(10-14(3)18(22)23-4)17(21)12-24-16-8-6-13(2)7-9-16/h6-9,14-15,20H,5,10-12H2,1-4H3. The number of esters is 1. The Morgan fingerprint density at radius 1 is 1.25 bits per heavy atom. The summed E-state index contributed by atoms with van der Waals surface area (Å²) in [7, 11) is 1.31. The summed E-state index contributed by atoms with van der Waals surface area (Å²) < 4.78 is 10.2. The van der Waals surface area contributed by atoms with Gasteiger partial charge in [-0.25, -0.2) is 0 Å². The number of ether oxygens (including phenoxy) is 2. The highest BCUT2D eigenvalue weighted by atomic mass is 16.5. The molecule has 0 fully saturated rings. The summed E-state index contributed by atoms with van der Waals surface area (Å²) >= 11 is 0. The highest BCUT2D eigenvalue weighted by Crippen LogP contribution is 2.14. The largest absolute Gasteiger partial charge is 0.484 e. The zero-order valence-electron chi connectivity index (χ0n) is 14.8. The quantitative estimate of drug-likeness (QED) is 0.695. The van der Waals surface area contributed by atoms with E-state index in [1.807, 2.05) is 26.0 Å².